The summed E-state index contributed by atoms with van der Waals surface area (Å²) in [6.07, 6.45) is 7.95. The number of methoxy groups -OCH3 is 1. The van der Waals surface area contributed by atoms with Gasteiger partial charge in [0.25, 0.3) is 0 Å². The van der Waals surface area contributed by atoms with Gasteiger partial charge >= 0.3 is 0 Å². The number of nitrogens with zero attached hydrogens (tertiary/aromatic N) is 2. The number of pyridine rings is 2. The first-order chi connectivity index (χ1) is 11.1. The summed E-state index contributed by atoms with van der Waals surface area (Å²) in [5.41, 5.74) is 3.56. The van der Waals surface area contributed by atoms with Gasteiger partial charge in [-0.25, -0.2) is 9.97 Å². The molecule has 2 aromatic heterocycles. The molecule has 2 aromatic rings. The van der Waals surface area contributed by atoms with Gasteiger partial charge in [-0.2, -0.15) is 0 Å². The molecule has 0 radical (unpaired) electrons. The second-order valence-corrected chi connectivity index (χ2v) is 5.69. The summed E-state index contributed by atoms with van der Waals surface area (Å²) in [7, 11) is 1.63. The van der Waals surface area contributed by atoms with E-state index in [4.69, 9.17) is 4.74 Å². The number of hydrogen-bond acceptors (Lipinski definition) is 4. The zero-order chi connectivity index (χ0) is 16.7. The second kappa shape index (κ2) is 8.32. The molecule has 0 aliphatic carbocycles. The van der Waals surface area contributed by atoms with E-state index in [2.05, 4.69) is 54.3 Å². The van der Waals surface area contributed by atoms with Crippen molar-refractivity contribution in [3.8, 4) is 5.88 Å². The SMILES string of the molecule is CCc1ccc(N/C(C)=C/CC(C)c2ccc(OC)nc2)nc1. The van der Waals surface area contributed by atoms with E-state index < -0.39 is 0 Å². The maximum Gasteiger partial charge on any atom is 0.212 e. The number of ether oxygens (including phenoxy) is 1. The van der Waals surface area contributed by atoms with Gasteiger partial charge in [0, 0.05) is 24.2 Å². The molecule has 2 heterocycles. The molecule has 0 saturated heterocycles. The third-order valence-corrected chi connectivity index (χ3v) is 3.87. The van der Waals surface area contributed by atoms with Gasteiger partial charge in [-0.15, -0.1) is 0 Å². The Balaban J connectivity index is 1.91. The van der Waals surface area contributed by atoms with Crippen LogP contribution in [0, 0.1) is 0 Å². The number of hydrogen-bond donors (Lipinski definition) is 1. The van der Waals surface area contributed by atoms with E-state index in [1.165, 1.54) is 11.1 Å². The summed E-state index contributed by atoms with van der Waals surface area (Å²) in [6.45, 7) is 6.39. The van der Waals surface area contributed by atoms with E-state index in [1.807, 2.05) is 24.5 Å². The van der Waals surface area contributed by atoms with E-state index in [0.29, 0.717) is 11.8 Å². The Morgan fingerprint density at radius 3 is 2.61 bits per heavy atom. The molecule has 1 N–H and O–H groups in total. The van der Waals surface area contributed by atoms with Gasteiger partial charge in [-0.1, -0.05) is 32.1 Å². The van der Waals surface area contributed by atoms with Crippen LogP contribution in [0.1, 0.15) is 44.2 Å². The minimum Gasteiger partial charge on any atom is -0.481 e. The molecule has 0 fully saturated rings. The van der Waals surface area contributed by atoms with Gasteiger partial charge in [0.2, 0.25) is 5.88 Å². The molecule has 2 rings (SSSR count). The summed E-state index contributed by atoms with van der Waals surface area (Å²) in [5.74, 6) is 1.94. The lowest BCUT2D eigenvalue weighted by molar-refractivity contribution is 0.397. The van der Waals surface area contributed by atoms with Crippen molar-refractivity contribution in [1.82, 2.24) is 9.97 Å². The average Bonchev–Trinajstić information content (AvgIpc) is 2.60. The number of aromatic nitrogens is 2. The van der Waals surface area contributed by atoms with Crippen LogP contribution in [0.15, 0.2) is 48.4 Å². The van der Waals surface area contributed by atoms with Crippen LogP contribution in [0.3, 0.4) is 0 Å². The summed E-state index contributed by atoms with van der Waals surface area (Å²) < 4.78 is 5.09. The predicted molar refractivity (Wildman–Crippen MR) is 94.8 cm³/mol. The first kappa shape index (κ1) is 17.0. The normalized spacial score (nSPS) is 12.8. The fourth-order valence-corrected chi connectivity index (χ4v) is 2.25. The fourth-order valence-electron chi connectivity index (χ4n) is 2.25. The summed E-state index contributed by atoms with van der Waals surface area (Å²) in [4.78, 5) is 8.68. The van der Waals surface area contributed by atoms with Crippen LogP contribution in [-0.4, -0.2) is 17.1 Å². The highest BCUT2D eigenvalue weighted by molar-refractivity contribution is 5.41. The molecule has 1 atom stereocenters. The number of anilines is 1. The van der Waals surface area contributed by atoms with Crippen molar-refractivity contribution in [1.29, 1.82) is 0 Å². The maximum absolute atomic E-state index is 5.09. The van der Waals surface area contributed by atoms with Crippen molar-refractivity contribution in [2.45, 2.75) is 39.5 Å². The molecule has 0 aromatic carbocycles. The summed E-state index contributed by atoms with van der Waals surface area (Å²) >= 11 is 0. The second-order valence-electron chi connectivity index (χ2n) is 5.69. The Labute approximate surface area is 138 Å². The van der Waals surface area contributed by atoms with Crippen molar-refractivity contribution in [3.05, 3.63) is 59.6 Å². The van der Waals surface area contributed by atoms with Crippen LogP contribution in [0.25, 0.3) is 0 Å². The highest BCUT2D eigenvalue weighted by Crippen LogP contribution is 2.21. The standard InChI is InChI=1S/C19H25N3O/c1-5-16-8-10-18(20-12-16)22-15(3)7-6-14(2)17-9-11-19(23-4)21-13-17/h7-14H,5-6H2,1-4H3,(H,20,22)/b15-7+. The molecular weight excluding hydrogens is 286 g/mol. The molecular formula is C19H25N3O. The molecule has 0 spiro atoms. The molecule has 0 aliphatic heterocycles. The first-order valence-corrected chi connectivity index (χ1v) is 8.01. The molecule has 23 heavy (non-hydrogen) atoms. The monoisotopic (exact) mass is 311 g/mol. The van der Waals surface area contributed by atoms with Gasteiger partial charge in [0.1, 0.15) is 5.82 Å². The highest BCUT2D eigenvalue weighted by atomic mass is 16.5. The Hall–Kier alpha value is -2.36. The van der Waals surface area contributed by atoms with Crippen molar-refractivity contribution < 1.29 is 4.74 Å². The van der Waals surface area contributed by atoms with Crippen molar-refractivity contribution >= 4 is 5.82 Å². The van der Waals surface area contributed by atoms with E-state index >= 15 is 0 Å². The summed E-state index contributed by atoms with van der Waals surface area (Å²) in [5, 5.41) is 3.33. The largest absolute Gasteiger partial charge is 0.481 e. The van der Waals surface area contributed by atoms with Crippen LogP contribution in [0.4, 0.5) is 5.82 Å². The van der Waals surface area contributed by atoms with Gasteiger partial charge in [0.15, 0.2) is 0 Å². The smallest absolute Gasteiger partial charge is 0.212 e. The van der Waals surface area contributed by atoms with E-state index in [0.717, 1.165) is 24.4 Å². The van der Waals surface area contributed by atoms with Gasteiger partial charge in [-0.3, -0.25) is 0 Å². The topological polar surface area (TPSA) is 47.0 Å². The number of aryl methyl sites for hydroxylation is 1. The quantitative estimate of drug-likeness (QED) is 0.814. The molecule has 4 heteroatoms. The summed E-state index contributed by atoms with van der Waals surface area (Å²) in [6, 6.07) is 8.10. The van der Waals surface area contributed by atoms with E-state index in [-0.39, 0.29) is 0 Å². The zero-order valence-electron chi connectivity index (χ0n) is 14.3. The van der Waals surface area contributed by atoms with Gasteiger partial charge in [0.05, 0.1) is 7.11 Å². The maximum atomic E-state index is 5.09. The Morgan fingerprint density at radius 2 is 2.04 bits per heavy atom. The van der Waals surface area contributed by atoms with Crippen molar-refractivity contribution in [3.63, 3.8) is 0 Å². The molecule has 122 valence electrons. The molecule has 4 nitrogen and oxygen atoms in total. The predicted octanol–water partition coefficient (Wildman–Crippen LogP) is 4.56. The first-order valence-electron chi connectivity index (χ1n) is 8.01. The average molecular weight is 311 g/mol. The number of allylic oxidation sites excluding steroid dienone is 2. The lowest BCUT2D eigenvalue weighted by atomic mass is 9.99. The van der Waals surface area contributed by atoms with Gasteiger partial charge < -0.3 is 10.1 Å². The Morgan fingerprint density at radius 1 is 1.22 bits per heavy atom. The van der Waals surface area contributed by atoms with Crippen LogP contribution < -0.4 is 10.1 Å². The minimum absolute atomic E-state index is 0.403. The molecule has 0 aliphatic rings. The Bertz CT molecular complexity index is 633. The lowest BCUT2D eigenvalue weighted by Crippen LogP contribution is -2.00. The fraction of sp³-hybridized carbons (Fsp3) is 0.368. The third kappa shape index (κ3) is 5.09. The van der Waals surface area contributed by atoms with Crippen LogP contribution in [-0.2, 0) is 6.42 Å². The van der Waals surface area contributed by atoms with E-state index in [1.54, 1.807) is 7.11 Å². The number of rotatable bonds is 7. The molecule has 1 unspecified atom stereocenters. The third-order valence-electron chi connectivity index (χ3n) is 3.87. The highest BCUT2D eigenvalue weighted by Gasteiger charge is 2.05. The van der Waals surface area contributed by atoms with Crippen LogP contribution in [0.5, 0.6) is 5.88 Å². The molecule has 0 amide bonds. The number of nitrogens with one attached hydrogen (secondary N) is 1. The minimum atomic E-state index is 0.403. The molecule has 0 bridgehead atoms. The van der Waals surface area contributed by atoms with Gasteiger partial charge in [-0.05, 0) is 42.9 Å². The van der Waals surface area contributed by atoms with Crippen molar-refractivity contribution in [2.24, 2.45) is 0 Å². The zero-order valence-corrected chi connectivity index (χ0v) is 14.3. The van der Waals surface area contributed by atoms with E-state index in [9.17, 15) is 0 Å². The Kier molecular flexibility index (Phi) is 6.15. The van der Waals surface area contributed by atoms with Crippen molar-refractivity contribution in [2.75, 3.05) is 12.4 Å². The van der Waals surface area contributed by atoms with Crippen LogP contribution >= 0.6 is 0 Å². The van der Waals surface area contributed by atoms with Crippen LogP contribution in [0.2, 0.25) is 0 Å². The molecule has 0 saturated carbocycles. The lowest BCUT2D eigenvalue weighted by Gasteiger charge is -2.11.